The molecule has 1 aromatic rings. The first-order valence-electron chi connectivity index (χ1n) is 6.67. The number of aliphatic hydroxyl groups excluding tert-OH is 1. The Bertz CT molecular complexity index is 377. The molecular formula is C13H20N2O2. The van der Waals surface area contributed by atoms with E-state index in [1.165, 1.54) is 32.1 Å². The van der Waals surface area contributed by atoms with E-state index >= 15 is 0 Å². The zero-order valence-corrected chi connectivity index (χ0v) is 10.1. The lowest BCUT2D eigenvalue weighted by molar-refractivity contribution is 0.198. The van der Waals surface area contributed by atoms with Crippen LogP contribution in [0.4, 0.5) is 6.01 Å². The number of anilines is 1. The number of hydrogen-bond acceptors (Lipinski definition) is 4. The molecule has 2 heterocycles. The molecule has 1 saturated heterocycles. The molecule has 0 radical (unpaired) electrons. The summed E-state index contributed by atoms with van der Waals surface area (Å²) in [6, 6.07) is 0.693. The second kappa shape index (κ2) is 4.69. The molecule has 17 heavy (non-hydrogen) atoms. The third-order valence-corrected chi connectivity index (χ3v) is 4.26. The standard InChI is InChI=1S/C13H20N2O2/c16-8-12-9-17-13(14-12)15-6-5-10-3-1-2-4-11(10)7-15/h9-11,16H,1-8H2. The van der Waals surface area contributed by atoms with E-state index in [9.17, 15) is 0 Å². The maximum Gasteiger partial charge on any atom is 0.297 e. The summed E-state index contributed by atoms with van der Waals surface area (Å²) in [6.07, 6.45) is 8.38. The Morgan fingerprint density at radius 2 is 2.12 bits per heavy atom. The number of piperidine rings is 1. The molecule has 2 fully saturated rings. The van der Waals surface area contributed by atoms with Gasteiger partial charge in [0.05, 0.1) is 6.61 Å². The van der Waals surface area contributed by atoms with Crippen LogP contribution in [-0.4, -0.2) is 23.2 Å². The predicted octanol–water partition coefficient (Wildman–Crippen LogP) is 2.18. The molecule has 4 heteroatoms. The molecule has 0 aromatic carbocycles. The first-order chi connectivity index (χ1) is 8.36. The van der Waals surface area contributed by atoms with Crippen LogP contribution in [0, 0.1) is 11.8 Å². The maximum atomic E-state index is 9.00. The molecule has 1 aliphatic carbocycles. The highest BCUT2D eigenvalue weighted by Crippen LogP contribution is 2.37. The summed E-state index contributed by atoms with van der Waals surface area (Å²) in [7, 11) is 0. The van der Waals surface area contributed by atoms with Crippen molar-refractivity contribution >= 4 is 6.01 Å². The minimum absolute atomic E-state index is 0.0383. The highest BCUT2D eigenvalue weighted by atomic mass is 16.4. The monoisotopic (exact) mass is 236 g/mol. The summed E-state index contributed by atoms with van der Waals surface area (Å²) >= 11 is 0. The Hall–Kier alpha value is -1.03. The molecule has 4 nitrogen and oxygen atoms in total. The van der Waals surface area contributed by atoms with Crippen LogP contribution in [0.25, 0.3) is 0 Å². The summed E-state index contributed by atoms with van der Waals surface area (Å²) in [4.78, 5) is 6.54. The van der Waals surface area contributed by atoms with Gasteiger partial charge in [-0.3, -0.25) is 0 Å². The van der Waals surface area contributed by atoms with Crippen molar-refractivity contribution in [1.29, 1.82) is 0 Å². The Kier molecular flexibility index (Phi) is 3.05. The van der Waals surface area contributed by atoms with Crippen molar-refractivity contribution in [2.45, 2.75) is 38.7 Å². The second-order valence-electron chi connectivity index (χ2n) is 5.32. The van der Waals surface area contributed by atoms with E-state index in [1.54, 1.807) is 6.26 Å². The molecule has 0 bridgehead atoms. The number of hydrogen-bond donors (Lipinski definition) is 1. The average Bonchev–Trinajstić information content (AvgIpc) is 2.87. The number of aliphatic hydroxyl groups is 1. The number of rotatable bonds is 2. The van der Waals surface area contributed by atoms with Crippen molar-refractivity contribution in [3.05, 3.63) is 12.0 Å². The van der Waals surface area contributed by atoms with Gasteiger partial charge >= 0.3 is 0 Å². The van der Waals surface area contributed by atoms with Gasteiger partial charge in [-0.1, -0.05) is 19.3 Å². The summed E-state index contributed by atoms with van der Waals surface area (Å²) in [5, 5.41) is 9.00. The van der Waals surface area contributed by atoms with Crippen LogP contribution in [0.5, 0.6) is 0 Å². The van der Waals surface area contributed by atoms with Gasteiger partial charge < -0.3 is 14.4 Å². The highest BCUT2D eigenvalue weighted by molar-refractivity contribution is 5.28. The van der Waals surface area contributed by atoms with E-state index in [1.807, 2.05) is 0 Å². The normalized spacial score (nSPS) is 29.1. The van der Waals surface area contributed by atoms with Crippen LogP contribution in [0.2, 0.25) is 0 Å². The Morgan fingerprint density at radius 3 is 2.88 bits per heavy atom. The van der Waals surface area contributed by atoms with Crippen molar-refractivity contribution < 1.29 is 9.52 Å². The SMILES string of the molecule is OCc1coc(N2CCC3CCCCC3C2)n1. The van der Waals surface area contributed by atoms with Gasteiger partial charge in [-0.25, -0.2) is 0 Å². The molecule has 3 rings (SSSR count). The molecule has 1 aliphatic heterocycles. The smallest absolute Gasteiger partial charge is 0.297 e. The van der Waals surface area contributed by atoms with Crippen molar-refractivity contribution in [3.8, 4) is 0 Å². The lowest BCUT2D eigenvalue weighted by atomic mass is 9.75. The van der Waals surface area contributed by atoms with E-state index < -0.39 is 0 Å². The highest BCUT2D eigenvalue weighted by Gasteiger charge is 2.32. The molecule has 0 amide bonds. The minimum atomic E-state index is -0.0383. The van der Waals surface area contributed by atoms with Gasteiger partial charge in [0.2, 0.25) is 0 Å². The topological polar surface area (TPSA) is 49.5 Å². The van der Waals surface area contributed by atoms with E-state index in [2.05, 4.69) is 9.88 Å². The summed E-state index contributed by atoms with van der Waals surface area (Å²) in [5.74, 6) is 1.74. The van der Waals surface area contributed by atoms with Gasteiger partial charge in [0, 0.05) is 13.1 Å². The van der Waals surface area contributed by atoms with Crippen LogP contribution in [0.1, 0.15) is 37.8 Å². The van der Waals surface area contributed by atoms with Gasteiger partial charge in [-0.05, 0) is 24.7 Å². The van der Waals surface area contributed by atoms with Crippen LogP contribution in [-0.2, 0) is 6.61 Å². The molecule has 1 N–H and O–H groups in total. The maximum absolute atomic E-state index is 9.00. The lowest BCUT2D eigenvalue weighted by Crippen LogP contribution is -2.42. The number of oxazole rings is 1. The van der Waals surface area contributed by atoms with Gasteiger partial charge in [-0.15, -0.1) is 0 Å². The Labute approximate surface area is 102 Å². The summed E-state index contributed by atoms with van der Waals surface area (Å²) in [5.41, 5.74) is 0.630. The average molecular weight is 236 g/mol. The van der Waals surface area contributed by atoms with E-state index in [4.69, 9.17) is 9.52 Å². The zero-order valence-electron chi connectivity index (χ0n) is 10.1. The van der Waals surface area contributed by atoms with Crippen LogP contribution in [0.15, 0.2) is 10.7 Å². The van der Waals surface area contributed by atoms with Crippen molar-refractivity contribution in [2.24, 2.45) is 11.8 Å². The molecule has 2 unspecified atom stereocenters. The van der Waals surface area contributed by atoms with Gasteiger partial charge in [0.1, 0.15) is 12.0 Å². The number of fused-ring (bicyclic) bond motifs is 1. The van der Waals surface area contributed by atoms with Crippen LogP contribution < -0.4 is 4.90 Å². The van der Waals surface area contributed by atoms with Crippen molar-refractivity contribution in [1.82, 2.24) is 4.98 Å². The third-order valence-electron chi connectivity index (χ3n) is 4.26. The molecule has 1 saturated carbocycles. The third kappa shape index (κ3) is 2.18. The fourth-order valence-electron chi connectivity index (χ4n) is 3.29. The molecular weight excluding hydrogens is 216 g/mol. The van der Waals surface area contributed by atoms with Crippen molar-refractivity contribution in [2.75, 3.05) is 18.0 Å². The molecule has 2 atom stereocenters. The zero-order chi connectivity index (χ0) is 11.7. The fourth-order valence-corrected chi connectivity index (χ4v) is 3.29. The second-order valence-corrected chi connectivity index (χ2v) is 5.32. The van der Waals surface area contributed by atoms with E-state index in [-0.39, 0.29) is 6.61 Å². The van der Waals surface area contributed by atoms with Gasteiger partial charge in [0.15, 0.2) is 0 Å². The predicted molar refractivity (Wildman–Crippen MR) is 64.7 cm³/mol. The van der Waals surface area contributed by atoms with Crippen LogP contribution in [0.3, 0.4) is 0 Å². The number of aromatic nitrogens is 1. The van der Waals surface area contributed by atoms with E-state index in [0.29, 0.717) is 11.7 Å². The largest absolute Gasteiger partial charge is 0.432 e. The molecule has 0 spiro atoms. The summed E-state index contributed by atoms with van der Waals surface area (Å²) in [6.45, 7) is 2.09. The minimum Gasteiger partial charge on any atom is -0.432 e. The van der Waals surface area contributed by atoms with Gasteiger partial charge in [0.25, 0.3) is 6.01 Å². The van der Waals surface area contributed by atoms with Gasteiger partial charge in [-0.2, -0.15) is 4.98 Å². The van der Waals surface area contributed by atoms with Crippen molar-refractivity contribution in [3.63, 3.8) is 0 Å². The molecule has 2 aliphatic rings. The van der Waals surface area contributed by atoms with Crippen LogP contribution >= 0.6 is 0 Å². The van der Waals surface area contributed by atoms with E-state index in [0.717, 1.165) is 24.9 Å². The Morgan fingerprint density at radius 1 is 1.29 bits per heavy atom. The summed E-state index contributed by atoms with van der Waals surface area (Å²) < 4.78 is 5.43. The Balaban J connectivity index is 1.68. The fraction of sp³-hybridized carbons (Fsp3) is 0.769. The first kappa shape index (κ1) is 11.1. The first-order valence-corrected chi connectivity index (χ1v) is 6.67. The molecule has 94 valence electrons. The number of nitrogens with zero attached hydrogens (tertiary/aromatic N) is 2. The quantitative estimate of drug-likeness (QED) is 0.855. The molecule has 1 aromatic heterocycles. The lowest BCUT2D eigenvalue weighted by Gasteiger charge is -2.40.